The monoisotopic (exact) mass is 311 g/mol. The summed E-state index contributed by atoms with van der Waals surface area (Å²) in [4.78, 5) is 16.9. The molecule has 2 aliphatic heterocycles. The second kappa shape index (κ2) is 7.04. The van der Waals surface area contributed by atoms with Gasteiger partial charge < -0.3 is 9.80 Å². The van der Waals surface area contributed by atoms with Gasteiger partial charge in [0.15, 0.2) is 0 Å². The molecule has 4 nitrogen and oxygen atoms in total. The summed E-state index contributed by atoms with van der Waals surface area (Å²) in [6.45, 7) is 4.70. The molecule has 2 amide bonds. The SMILES string of the molecule is CC1CCCN(C(=O)N2CCCC2C(C#N)c2ccccc2)C1. The van der Waals surface area contributed by atoms with E-state index in [-0.39, 0.29) is 18.0 Å². The molecule has 1 aromatic carbocycles. The number of carbonyl (C=O) groups excluding carboxylic acids is 1. The third-order valence-corrected chi connectivity index (χ3v) is 5.16. The first-order valence-electron chi connectivity index (χ1n) is 8.71. The molecule has 0 N–H and O–H groups in total. The smallest absolute Gasteiger partial charge is 0.320 e. The van der Waals surface area contributed by atoms with Gasteiger partial charge in [-0.25, -0.2) is 4.79 Å². The summed E-state index contributed by atoms with van der Waals surface area (Å²) in [6.07, 6.45) is 4.21. The van der Waals surface area contributed by atoms with Gasteiger partial charge in [0.25, 0.3) is 0 Å². The number of benzene rings is 1. The number of amides is 2. The Hall–Kier alpha value is -2.02. The van der Waals surface area contributed by atoms with Crippen molar-refractivity contribution < 1.29 is 4.79 Å². The Kier molecular flexibility index (Phi) is 4.85. The van der Waals surface area contributed by atoms with E-state index >= 15 is 0 Å². The molecule has 0 aromatic heterocycles. The van der Waals surface area contributed by atoms with Crippen molar-refractivity contribution in [3.63, 3.8) is 0 Å². The van der Waals surface area contributed by atoms with Crippen molar-refractivity contribution in [1.82, 2.24) is 9.80 Å². The van der Waals surface area contributed by atoms with Gasteiger partial charge in [0.05, 0.1) is 18.0 Å². The van der Waals surface area contributed by atoms with Crippen molar-refractivity contribution in [2.45, 2.75) is 44.6 Å². The Labute approximate surface area is 138 Å². The number of hydrogen-bond acceptors (Lipinski definition) is 2. The Balaban J connectivity index is 1.77. The molecule has 4 heteroatoms. The molecule has 23 heavy (non-hydrogen) atoms. The van der Waals surface area contributed by atoms with Crippen LogP contribution in [0.2, 0.25) is 0 Å². The van der Waals surface area contributed by atoms with Gasteiger partial charge in [-0.3, -0.25) is 0 Å². The summed E-state index contributed by atoms with van der Waals surface area (Å²) in [5.74, 6) is 0.347. The van der Waals surface area contributed by atoms with Crippen molar-refractivity contribution in [2.75, 3.05) is 19.6 Å². The van der Waals surface area contributed by atoms with Gasteiger partial charge in [-0.15, -0.1) is 0 Å². The third-order valence-electron chi connectivity index (χ3n) is 5.16. The average molecular weight is 311 g/mol. The molecule has 2 heterocycles. The first-order chi connectivity index (χ1) is 11.2. The Morgan fingerprint density at radius 1 is 1.22 bits per heavy atom. The molecule has 2 aliphatic rings. The van der Waals surface area contributed by atoms with E-state index in [0.29, 0.717) is 5.92 Å². The quantitative estimate of drug-likeness (QED) is 0.837. The van der Waals surface area contributed by atoms with Gasteiger partial charge in [-0.2, -0.15) is 5.26 Å². The highest BCUT2D eigenvalue weighted by Gasteiger charge is 2.38. The summed E-state index contributed by atoms with van der Waals surface area (Å²) < 4.78 is 0. The molecule has 2 saturated heterocycles. The van der Waals surface area contributed by atoms with E-state index in [4.69, 9.17) is 0 Å². The van der Waals surface area contributed by atoms with Crippen LogP contribution in [0.15, 0.2) is 30.3 Å². The number of likely N-dealkylation sites (tertiary alicyclic amines) is 2. The van der Waals surface area contributed by atoms with E-state index in [0.717, 1.165) is 44.5 Å². The minimum Gasteiger partial charge on any atom is -0.324 e. The maximum atomic E-state index is 13.0. The van der Waals surface area contributed by atoms with Crippen molar-refractivity contribution >= 4 is 6.03 Å². The maximum absolute atomic E-state index is 13.0. The number of nitrogens with zero attached hydrogens (tertiary/aromatic N) is 3. The van der Waals surface area contributed by atoms with Crippen LogP contribution in [-0.2, 0) is 0 Å². The lowest BCUT2D eigenvalue weighted by Crippen LogP contribution is -2.50. The summed E-state index contributed by atoms with van der Waals surface area (Å²) in [7, 11) is 0. The molecule has 122 valence electrons. The Bertz CT molecular complexity index is 580. The molecule has 2 fully saturated rings. The maximum Gasteiger partial charge on any atom is 0.320 e. The second-order valence-corrected chi connectivity index (χ2v) is 6.90. The Morgan fingerprint density at radius 3 is 2.65 bits per heavy atom. The first-order valence-corrected chi connectivity index (χ1v) is 8.71. The molecule has 0 spiro atoms. The molecular weight excluding hydrogens is 286 g/mol. The van der Waals surface area contributed by atoms with Crippen molar-refractivity contribution in [3.8, 4) is 6.07 Å². The van der Waals surface area contributed by atoms with Crippen LogP contribution in [0.3, 0.4) is 0 Å². The summed E-state index contributed by atoms with van der Waals surface area (Å²) in [5, 5.41) is 9.69. The van der Waals surface area contributed by atoms with Crippen molar-refractivity contribution in [3.05, 3.63) is 35.9 Å². The van der Waals surface area contributed by atoms with E-state index in [2.05, 4.69) is 13.0 Å². The van der Waals surface area contributed by atoms with Crippen LogP contribution < -0.4 is 0 Å². The van der Waals surface area contributed by atoms with E-state index in [1.54, 1.807) is 0 Å². The lowest BCUT2D eigenvalue weighted by molar-refractivity contribution is 0.125. The van der Waals surface area contributed by atoms with Crippen molar-refractivity contribution in [1.29, 1.82) is 5.26 Å². The van der Waals surface area contributed by atoms with Crippen LogP contribution in [-0.4, -0.2) is 41.5 Å². The molecular formula is C19H25N3O. The van der Waals surface area contributed by atoms with E-state index in [1.165, 1.54) is 6.42 Å². The van der Waals surface area contributed by atoms with E-state index in [1.807, 2.05) is 40.1 Å². The van der Waals surface area contributed by atoms with Gasteiger partial charge in [0, 0.05) is 19.6 Å². The van der Waals surface area contributed by atoms with Gasteiger partial charge in [0.1, 0.15) is 0 Å². The van der Waals surface area contributed by atoms with E-state index < -0.39 is 0 Å². The fourth-order valence-corrected chi connectivity index (χ4v) is 3.96. The van der Waals surface area contributed by atoms with E-state index in [9.17, 15) is 10.1 Å². The minimum atomic E-state index is -0.232. The number of urea groups is 1. The zero-order valence-electron chi connectivity index (χ0n) is 13.8. The molecule has 3 rings (SSSR count). The normalized spacial score (nSPS) is 25.9. The van der Waals surface area contributed by atoms with Crippen LogP contribution >= 0.6 is 0 Å². The van der Waals surface area contributed by atoms with Crippen LogP contribution in [0, 0.1) is 17.2 Å². The predicted molar refractivity (Wildman–Crippen MR) is 89.9 cm³/mol. The van der Waals surface area contributed by atoms with Crippen LogP contribution in [0.1, 0.15) is 44.1 Å². The molecule has 3 atom stereocenters. The highest BCUT2D eigenvalue weighted by molar-refractivity contribution is 5.75. The number of rotatable bonds is 2. The highest BCUT2D eigenvalue weighted by Crippen LogP contribution is 2.32. The van der Waals surface area contributed by atoms with Gasteiger partial charge in [-0.1, -0.05) is 37.3 Å². The summed E-state index contributed by atoms with van der Waals surface area (Å²) >= 11 is 0. The summed E-state index contributed by atoms with van der Waals surface area (Å²) in [5.41, 5.74) is 1.02. The molecule has 3 unspecified atom stereocenters. The number of piperidine rings is 1. The van der Waals surface area contributed by atoms with Crippen molar-refractivity contribution in [2.24, 2.45) is 5.92 Å². The predicted octanol–water partition coefficient (Wildman–Crippen LogP) is 3.61. The Morgan fingerprint density at radius 2 is 1.96 bits per heavy atom. The van der Waals surface area contributed by atoms with Gasteiger partial charge >= 0.3 is 6.03 Å². The molecule has 0 radical (unpaired) electrons. The fourth-order valence-electron chi connectivity index (χ4n) is 3.96. The van der Waals surface area contributed by atoms with Gasteiger partial charge in [-0.05, 0) is 37.2 Å². The molecule has 0 bridgehead atoms. The zero-order valence-corrected chi connectivity index (χ0v) is 13.8. The topological polar surface area (TPSA) is 47.3 Å². The third kappa shape index (κ3) is 3.34. The molecule has 0 saturated carbocycles. The lowest BCUT2D eigenvalue weighted by Gasteiger charge is -2.37. The number of nitriles is 1. The lowest BCUT2D eigenvalue weighted by atomic mass is 9.91. The molecule has 0 aliphatic carbocycles. The van der Waals surface area contributed by atoms with Crippen LogP contribution in [0.5, 0.6) is 0 Å². The van der Waals surface area contributed by atoms with Crippen LogP contribution in [0.25, 0.3) is 0 Å². The van der Waals surface area contributed by atoms with Crippen LogP contribution in [0.4, 0.5) is 4.79 Å². The second-order valence-electron chi connectivity index (χ2n) is 6.90. The zero-order chi connectivity index (χ0) is 16.2. The largest absolute Gasteiger partial charge is 0.324 e. The number of carbonyl (C=O) groups is 1. The van der Waals surface area contributed by atoms with Gasteiger partial charge in [0.2, 0.25) is 0 Å². The molecule has 1 aromatic rings. The standard InChI is InChI=1S/C19H25N3O/c1-15-7-5-11-21(14-15)19(23)22-12-6-10-18(22)17(13-20)16-8-3-2-4-9-16/h2-4,8-9,15,17-18H,5-7,10-12,14H2,1H3. The summed E-state index contributed by atoms with van der Waals surface area (Å²) in [6, 6.07) is 12.5. The first kappa shape index (κ1) is 15.9. The fraction of sp³-hybridized carbons (Fsp3) is 0.579. The minimum absolute atomic E-state index is 0.00660. The highest BCUT2D eigenvalue weighted by atomic mass is 16.2. The number of hydrogen-bond donors (Lipinski definition) is 0. The average Bonchev–Trinajstić information content (AvgIpc) is 3.05.